The normalized spacial score (nSPS) is 11.8. The molecule has 0 bridgehead atoms. The fraction of sp³-hybridized carbons (Fsp3) is 0. The Hall–Kier alpha value is -7.24. The third kappa shape index (κ3) is 4.71. The van der Waals surface area contributed by atoms with Crippen LogP contribution in [0.25, 0.3) is 111 Å². The first-order valence-electron chi connectivity index (χ1n) is 17.7. The summed E-state index contributed by atoms with van der Waals surface area (Å²) in [4.78, 5) is 20.3. The van der Waals surface area contributed by atoms with E-state index in [0.717, 1.165) is 55.1 Å². The van der Waals surface area contributed by atoms with E-state index in [9.17, 15) is 0 Å². The maximum atomic E-state index is 6.26. The predicted molar refractivity (Wildman–Crippen MR) is 217 cm³/mol. The van der Waals surface area contributed by atoms with Crippen LogP contribution < -0.4 is 0 Å². The number of hydrogen-bond donors (Lipinski definition) is 0. The van der Waals surface area contributed by atoms with Crippen molar-refractivity contribution < 1.29 is 4.42 Å². The topological polar surface area (TPSA) is 64.7 Å². The molecule has 0 aliphatic carbocycles. The van der Waals surface area contributed by atoms with Gasteiger partial charge in [-0.25, -0.2) is 19.9 Å². The van der Waals surface area contributed by atoms with Crippen molar-refractivity contribution in [3.05, 3.63) is 170 Å². The van der Waals surface area contributed by atoms with Gasteiger partial charge in [-0.1, -0.05) is 158 Å². The van der Waals surface area contributed by atoms with Crippen LogP contribution in [-0.4, -0.2) is 19.9 Å². The summed E-state index contributed by atoms with van der Waals surface area (Å²) in [6.07, 6.45) is 0. The molecule has 0 spiro atoms. The molecule has 0 amide bonds. The van der Waals surface area contributed by atoms with Crippen molar-refractivity contribution in [3.63, 3.8) is 0 Å². The highest BCUT2D eigenvalue weighted by Gasteiger charge is 2.18. The minimum absolute atomic E-state index is 0.606. The highest BCUT2D eigenvalue weighted by molar-refractivity contribution is 6.25. The van der Waals surface area contributed by atoms with Crippen molar-refractivity contribution in [1.82, 2.24) is 19.9 Å². The van der Waals surface area contributed by atoms with Gasteiger partial charge < -0.3 is 4.42 Å². The highest BCUT2D eigenvalue weighted by atomic mass is 16.3. The van der Waals surface area contributed by atoms with E-state index >= 15 is 0 Å². The average Bonchev–Trinajstić information content (AvgIpc) is 3.62. The van der Waals surface area contributed by atoms with Crippen molar-refractivity contribution in [2.75, 3.05) is 0 Å². The molecule has 53 heavy (non-hydrogen) atoms. The van der Waals surface area contributed by atoms with E-state index in [0.29, 0.717) is 23.2 Å². The van der Waals surface area contributed by atoms with Gasteiger partial charge in [-0.05, 0) is 49.8 Å². The van der Waals surface area contributed by atoms with Crippen LogP contribution in [0, 0.1) is 0 Å². The van der Waals surface area contributed by atoms with E-state index in [1.54, 1.807) is 0 Å². The van der Waals surface area contributed by atoms with E-state index in [-0.39, 0.29) is 0 Å². The van der Waals surface area contributed by atoms with Crippen molar-refractivity contribution in [2.45, 2.75) is 0 Å². The van der Waals surface area contributed by atoms with Crippen LogP contribution >= 0.6 is 0 Å². The molecule has 0 N–H and O–H groups in total. The molecule has 5 nitrogen and oxygen atoms in total. The predicted octanol–water partition coefficient (Wildman–Crippen LogP) is 12.4. The van der Waals surface area contributed by atoms with Gasteiger partial charge in [-0.15, -0.1) is 0 Å². The summed E-state index contributed by atoms with van der Waals surface area (Å²) in [5.41, 5.74) is 6.08. The molecule has 11 rings (SSSR count). The lowest BCUT2D eigenvalue weighted by Crippen LogP contribution is -2.00. The largest absolute Gasteiger partial charge is 0.438 e. The summed E-state index contributed by atoms with van der Waals surface area (Å²) >= 11 is 0. The number of rotatable bonds is 4. The summed E-state index contributed by atoms with van der Waals surface area (Å²) in [5.74, 6) is 1.86. The third-order valence-electron chi connectivity index (χ3n) is 10.3. The van der Waals surface area contributed by atoms with Gasteiger partial charge in [0, 0.05) is 33.0 Å². The molecule has 0 atom stereocenters. The number of nitrogens with zero attached hydrogens (tertiary/aromatic N) is 4. The van der Waals surface area contributed by atoms with Crippen molar-refractivity contribution in [3.8, 4) is 45.4 Å². The van der Waals surface area contributed by atoms with Gasteiger partial charge in [0.05, 0.1) is 11.1 Å². The molecule has 0 aliphatic rings. The SMILES string of the molecule is c1ccc(-c2nc(-c3ccc(-c4nc5oc6ccccc6c5c5ccccc45)cc3)nc(-c3ccc4c5ccccc5c5ccccc5c4c3)n2)cc1. The van der Waals surface area contributed by atoms with Crippen LogP contribution in [0.5, 0.6) is 0 Å². The van der Waals surface area contributed by atoms with Gasteiger partial charge >= 0.3 is 0 Å². The molecular formula is C48H28N4O. The fourth-order valence-electron chi connectivity index (χ4n) is 7.84. The zero-order chi connectivity index (χ0) is 34.9. The second kappa shape index (κ2) is 11.7. The molecule has 0 fully saturated rings. The van der Waals surface area contributed by atoms with E-state index in [2.05, 4.69) is 121 Å². The molecule has 5 heteroatoms. The van der Waals surface area contributed by atoms with Gasteiger partial charge in [0.25, 0.3) is 0 Å². The highest BCUT2D eigenvalue weighted by Crippen LogP contribution is 2.39. The minimum atomic E-state index is 0.606. The number of fused-ring (bicyclic) bond motifs is 11. The van der Waals surface area contributed by atoms with Crippen LogP contribution in [0.3, 0.4) is 0 Å². The Morgan fingerprint density at radius 3 is 1.42 bits per heavy atom. The molecule has 0 radical (unpaired) electrons. The van der Waals surface area contributed by atoms with Gasteiger partial charge in [-0.2, -0.15) is 0 Å². The van der Waals surface area contributed by atoms with Gasteiger partial charge in [0.15, 0.2) is 17.5 Å². The quantitative estimate of drug-likeness (QED) is 0.174. The Kier molecular flexibility index (Phi) is 6.48. The minimum Gasteiger partial charge on any atom is -0.438 e. The molecule has 3 aromatic heterocycles. The molecule has 0 saturated heterocycles. The number of benzene rings is 8. The van der Waals surface area contributed by atoms with Gasteiger partial charge in [0.1, 0.15) is 5.58 Å². The van der Waals surface area contributed by atoms with E-state index in [1.165, 1.54) is 32.3 Å². The number of hydrogen-bond acceptors (Lipinski definition) is 5. The molecule has 0 unspecified atom stereocenters. The molecule has 0 aliphatic heterocycles. The lowest BCUT2D eigenvalue weighted by molar-refractivity contribution is 0.655. The van der Waals surface area contributed by atoms with Crippen molar-refractivity contribution in [1.29, 1.82) is 0 Å². The maximum absolute atomic E-state index is 6.26. The fourth-order valence-corrected chi connectivity index (χ4v) is 7.84. The third-order valence-corrected chi connectivity index (χ3v) is 10.3. The molecule has 8 aromatic carbocycles. The molecule has 11 aromatic rings. The first-order chi connectivity index (χ1) is 26.3. The summed E-state index contributed by atoms with van der Waals surface area (Å²) in [7, 11) is 0. The van der Waals surface area contributed by atoms with E-state index < -0.39 is 0 Å². The van der Waals surface area contributed by atoms with E-state index in [4.69, 9.17) is 24.4 Å². The second-order valence-corrected chi connectivity index (χ2v) is 13.4. The first kappa shape index (κ1) is 29.5. The summed E-state index contributed by atoms with van der Waals surface area (Å²) in [6.45, 7) is 0. The monoisotopic (exact) mass is 676 g/mol. The van der Waals surface area contributed by atoms with Crippen LogP contribution in [0.2, 0.25) is 0 Å². The van der Waals surface area contributed by atoms with E-state index in [1.807, 2.05) is 48.5 Å². The number of aromatic nitrogens is 4. The average molecular weight is 677 g/mol. The standard InChI is InChI=1S/C48H28N4O/c1-2-12-30(13-3-1)45-50-46(52-47(51-45)32-26-27-37-35-16-5-4-14-33(35)34-15-6-7-17-36(34)41(37)28-32)31-24-22-29(23-25-31)44-39-19-9-8-18-38(39)43-40-20-10-11-21-42(40)53-48(43)49-44/h1-28H. The first-order valence-corrected chi connectivity index (χ1v) is 17.7. The Bertz CT molecular complexity index is 3190. The summed E-state index contributed by atoms with van der Waals surface area (Å²) in [6, 6.07) is 58.8. The van der Waals surface area contributed by atoms with Crippen LogP contribution in [0.1, 0.15) is 0 Å². The van der Waals surface area contributed by atoms with Crippen LogP contribution in [0.4, 0.5) is 0 Å². The number of furan rings is 1. The lowest BCUT2D eigenvalue weighted by atomic mass is 9.93. The zero-order valence-electron chi connectivity index (χ0n) is 28.4. The Morgan fingerprint density at radius 1 is 0.302 bits per heavy atom. The molecule has 0 saturated carbocycles. The summed E-state index contributed by atoms with van der Waals surface area (Å²) in [5, 5.41) is 11.6. The zero-order valence-corrected chi connectivity index (χ0v) is 28.4. The number of para-hydroxylation sites is 1. The lowest BCUT2D eigenvalue weighted by Gasteiger charge is -2.13. The number of pyridine rings is 1. The van der Waals surface area contributed by atoms with Crippen LogP contribution in [0.15, 0.2) is 174 Å². The Balaban J connectivity index is 1.07. The maximum Gasteiger partial charge on any atom is 0.228 e. The molecule has 246 valence electrons. The smallest absolute Gasteiger partial charge is 0.228 e. The van der Waals surface area contributed by atoms with Gasteiger partial charge in [0.2, 0.25) is 5.71 Å². The van der Waals surface area contributed by atoms with Crippen LogP contribution in [-0.2, 0) is 0 Å². The Labute approximate surface area is 303 Å². The van der Waals surface area contributed by atoms with Crippen molar-refractivity contribution in [2.24, 2.45) is 0 Å². The molecule has 3 heterocycles. The second-order valence-electron chi connectivity index (χ2n) is 13.4. The van der Waals surface area contributed by atoms with Gasteiger partial charge in [-0.3, -0.25) is 0 Å². The Morgan fingerprint density at radius 2 is 0.755 bits per heavy atom. The summed E-state index contributed by atoms with van der Waals surface area (Å²) < 4.78 is 6.26. The van der Waals surface area contributed by atoms with Crippen molar-refractivity contribution >= 4 is 65.2 Å². The molecular weight excluding hydrogens is 649 g/mol.